The van der Waals surface area contributed by atoms with Gasteiger partial charge in [-0.05, 0) is 35.3 Å². The SMILES string of the molecule is Clc1c(Cl)c(Cl)c(Sc2nc(Sc3c(Cl)c(Cl)c(Cl)c(Cl)c3Cl)nc(Sc3c(Cl)c(Cl)c(Cl)c(Cl)c3Cl)n2)c(Cl)c1Cl. The van der Waals surface area contributed by atoms with E-state index in [1.54, 1.807) is 0 Å². The first-order chi connectivity index (χ1) is 19.6. The summed E-state index contributed by atoms with van der Waals surface area (Å²) in [5.41, 5.74) is 0. The van der Waals surface area contributed by atoms with Crippen molar-refractivity contribution in [2.45, 2.75) is 30.2 Å². The number of benzene rings is 3. The van der Waals surface area contributed by atoms with Crippen molar-refractivity contribution >= 4 is 209 Å². The van der Waals surface area contributed by atoms with Gasteiger partial charge in [0.25, 0.3) is 0 Å². The van der Waals surface area contributed by atoms with E-state index in [4.69, 9.17) is 174 Å². The van der Waals surface area contributed by atoms with Crippen LogP contribution in [-0.4, -0.2) is 15.0 Å². The minimum absolute atomic E-state index is 0.00888. The quantitative estimate of drug-likeness (QED) is 0.142. The maximum Gasteiger partial charge on any atom is 0.197 e. The zero-order valence-electron chi connectivity index (χ0n) is 18.7. The molecule has 0 bridgehead atoms. The van der Waals surface area contributed by atoms with Gasteiger partial charge in [-0.1, -0.05) is 174 Å². The van der Waals surface area contributed by atoms with Crippen molar-refractivity contribution in [2.24, 2.45) is 0 Å². The van der Waals surface area contributed by atoms with Crippen molar-refractivity contribution in [1.29, 1.82) is 0 Å². The third-order valence-corrected chi connectivity index (χ3v) is 15.1. The van der Waals surface area contributed by atoms with E-state index < -0.39 is 0 Å². The second-order valence-corrected chi connectivity index (χ2v) is 15.8. The molecule has 0 atom stereocenters. The highest BCUT2D eigenvalue weighted by Crippen LogP contribution is 2.53. The Morgan fingerprint density at radius 2 is 0.381 bits per heavy atom. The van der Waals surface area contributed by atoms with E-state index in [1.807, 2.05) is 0 Å². The maximum atomic E-state index is 6.43. The second-order valence-electron chi connectivity index (χ2n) is 7.19. The molecule has 0 amide bonds. The average Bonchev–Trinajstić information content (AvgIpc) is 2.97. The lowest BCUT2D eigenvalue weighted by Crippen LogP contribution is -1.99. The molecule has 0 fully saturated rings. The van der Waals surface area contributed by atoms with Crippen LogP contribution in [0.3, 0.4) is 0 Å². The van der Waals surface area contributed by atoms with Gasteiger partial charge in [0.15, 0.2) is 15.5 Å². The zero-order valence-corrected chi connectivity index (χ0v) is 32.5. The van der Waals surface area contributed by atoms with Gasteiger partial charge in [-0.25, -0.2) is 0 Å². The van der Waals surface area contributed by atoms with Crippen LogP contribution in [0.2, 0.25) is 75.3 Å². The Morgan fingerprint density at radius 3 is 0.548 bits per heavy atom. The predicted octanol–water partition coefficient (Wildman–Crippen LogP) is 16.1. The average molecular weight is 922 g/mol. The fraction of sp³-hybridized carbons (Fsp3) is 0. The highest BCUT2D eigenvalue weighted by atomic mass is 35.5. The van der Waals surface area contributed by atoms with Gasteiger partial charge in [-0.15, -0.1) is 0 Å². The first-order valence-corrected chi connectivity index (χ1v) is 18.0. The van der Waals surface area contributed by atoms with E-state index in [2.05, 4.69) is 15.0 Å². The molecule has 4 aromatic rings. The molecule has 0 radical (unpaired) electrons. The minimum atomic E-state index is -0.0264. The zero-order chi connectivity index (χ0) is 31.4. The summed E-state index contributed by atoms with van der Waals surface area (Å²) >= 11 is 97.2. The topological polar surface area (TPSA) is 38.7 Å². The van der Waals surface area contributed by atoms with Crippen LogP contribution in [0.15, 0.2) is 30.2 Å². The van der Waals surface area contributed by atoms with E-state index in [-0.39, 0.29) is 105 Å². The predicted molar refractivity (Wildman–Crippen MR) is 187 cm³/mol. The number of nitrogens with zero attached hydrogens (tertiary/aromatic N) is 3. The Morgan fingerprint density at radius 1 is 0.238 bits per heavy atom. The van der Waals surface area contributed by atoms with Gasteiger partial charge in [0, 0.05) is 0 Å². The molecule has 0 N–H and O–H groups in total. The van der Waals surface area contributed by atoms with Crippen LogP contribution in [0, 0.1) is 0 Å². The largest absolute Gasteiger partial charge is 0.197 e. The molecule has 0 saturated heterocycles. The Balaban J connectivity index is 1.90. The summed E-state index contributed by atoms with van der Waals surface area (Å²) in [6, 6.07) is 0. The summed E-state index contributed by atoms with van der Waals surface area (Å²) in [6.45, 7) is 0. The lowest BCUT2D eigenvalue weighted by molar-refractivity contribution is 0.717. The monoisotopic (exact) mass is 914 g/mol. The van der Waals surface area contributed by atoms with Crippen molar-refractivity contribution in [2.75, 3.05) is 0 Å². The van der Waals surface area contributed by atoms with Gasteiger partial charge >= 0.3 is 0 Å². The van der Waals surface area contributed by atoms with Gasteiger partial charge < -0.3 is 0 Å². The Hall–Kier alpha value is 2.07. The van der Waals surface area contributed by atoms with Crippen LogP contribution in [0.5, 0.6) is 0 Å². The molecule has 3 aromatic carbocycles. The van der Waals surface area contributed by atoms with Crippen LogP contribution in [0.4, 0.5) is 0 Å². The van der Waals surface area contributed by atoms with E-state index in [1.165, 1.54) is 0 Å². The van der Waals surface area contributed by atoms with Crippen LogP contribution < -0.4 is 0 Å². The number of hydrogen-bond acceptors (Lipinski definition) is 6. The molecule has 21 heteroatoms. The molecular formula is C21Cl15N3S3. The van der Waals surface area contributed by atoms with E-state index >= 15 is 0 Å². The Bertz CT molecular complexity index is 1480. The van der Waals surface area contributed by atoms with Gasteiger partial charge in [0.2, 0.25) is 0 Å². The molecule has 222 valence electrons. The van der Waals surface area contributed by atoms with Gasteiger partial charge in [-0.2, -0.15) is 15.0 Å². The van der Waals surface area contributed by atoms with Gasteiger partial charge in [0.05, 0.1) is 90.0 Å². The molecule has 1 aromatic heterocycles. The third-order valence-electron chi connectivity index (χ3n) is 4.66. The summed E-state index contributed by atoms with van der Waals surface area (Å²) in [4.78, 5) is 14.0. The third kappa shape index (κ3) is 7.38. The van der Waals surface area contributed by atoms with Gasteiger partial charge in [-0.3, -0.25) is 0 Å². The molecule has 0 aliphatic carbocycles. The van der Waals surface area contributed by atoms with E-state index in [9.17, 15) is 0 Å². The molecule has 0 aliphatic rings. The van der Waals surface area contributed by atoms with Crippen molar-refractivity contribution in [3.63, 3.8) is 0 Å². The Kier molecular flexibility index (Phi) is 13.3. The minimum Gasteiger partial charge on any atom is -0.196 e. The van der Waals surface area contributed by atoms with Crippen molar-refractivity contribution in [3.05, 3.63) is 75.3 Å². The molecule has 1 heterocycles. The smallest absolute Gasteiger partial charge is 0.196 e. The van der Waals surface area contributed by atoms with Crippen molar-refractivity contribution in [1.82, 2.24) is 15.0 Å². The molecule has 0 aliphatic heterocycles. The van der Waals surface area contributed by atoms with Crippen molar-refractivity contribution < 1.29 is 0 Å². The highest BCUT2D eigenvalue weighted by molar-refractivity contribution is 8.00. The molecule has 0 unspecified atom stereocenters. The molecule has 0 saturated carbocycles. The lowest BCUT2D eigenvalue weighted by Gasteiger charge is -2.14. The van der Waals surface area contributed by atoms with Crippen molar-refractivity contribution in [3.8, 4) is 0 Å². The van der Waals surface area contributed by atoms with E-state index in [0.717, 1.165) is 35.3 Å². The summed E-state index contributed by atoms with van der Waals surface area (Å²) in [6.07, 6.45) is 0. The first-order valence-electron chi connectivity index (χ1n) is 9.90. The highest BCUT2D eigenvalue weighted by Gasteiger charge is 2.26. The van der Waals surface area contributed by atoms with Crippen LogP contribution in [-0.2, 0) is 0 Å². The molecular weight excluding hydrogens is 922 g/mol. The number of rotatable bonds is 6. The maximum absolute atomic E-state index is 6.43. The number of hydrogen-bond donors (Lipinski definition) is 0. The second kappa shape index (κ2) is 15.1. The molecule has 0 spiro atoms. The fourth-order valence-electron chi connectivity index (χ4n) is 2.75. The molecule has 42 heavy (non-hydrogen) atoms. The molecule has 4 rings (SSSR count). The summed E-state index contributed by atoms with van der Waals surface area (Å²) in [5, 5.41) is -0.000991. The normalized spacial score (nSPS) is 11.5. The summed E-state index contributed by atoms with van der Waals surface area (Å²) in [5.74, 6) is 0. The summed E-state index contributed by atoms with van der Waals surface area (Å²) in [7, 11) is 0. The van der Waals surface area contributed by atoms with Crippen LogP contribution in [0.25, 0.3) is 0 Å². The Labute approximate surface area is 325 Å². The number of halogens is 15. The van der Waals surface area contributed by atoms with Crippen LogP contribution >= 0.6 is 209 Å². The number of aromatic nitrogens is 3. The summed E-state index contributed by atoms with van der Waals surface area (Å²) < 4.78 is 0. The van der Waals surface area contributed by atoms with Crippen LogP contribution in [0.1, 0.15) is 0 Å². The first kappa shape index (κ1) is 36.9. The molecule has 3 nitrogen and oxygen atoms in total. The fourth-order valence-corrected chi connectivity index (χ4v) is 9.86. The standard InChI is InChI=1S/C21Cl15N3S3/c22-1-4(25)10(31)16(11(32)5(1)26)40-19-37-20(41-17-12(33)6(27)2(23)7(28)13(17)34)39-21(38-19)42-18-14(35)8(29)3(24)9(30)15(18)36. The van der Waals surface area contributed by atoms with E-state index in [0.29, 0.717) is 0 Å². The van der Waals surface area contributed by atoms with Gasteiger partial charge in [0.1, 0.15) is 0 Å². The lowest BCUT2D eigenvalue weighted by atomic mass is 10.3.